The van der Waals surface area contributed by atoms with Crippen LogP contribution in [0.1, 0.15) is 40.5 Å². The number of likely N-dealkylation sites (tertiary alicyclic amines) is 1. The summed E-state index contributed by atoms with van der Waals surface area (Å²) in [6.07, 6.45) is 3.08. The highest BCUT2D eigenvalue weighted by Crippen LogP contribution is 2.39. The lowest BCUT2D eigenvalue weighted by Crippen LogP contribution is -2.52. The Kier molecular flexibility index (Phi) is 7.84. The lowest BCUT2D eigenvalue weighted by atomic mass is 9.87. The first kappa shape index (κ1) is 28.8. The van der Waals surface area contributed by atoms with Gasteiger partial charge in [0.25, 0.3) is 5.92 Å². The van der Waals surface area contributed by atoms with Gasteiger partial charge in [-0.3, -0.25) is 9.13 Å². The third-order valence-corrected chi connectivity index (χ3v) is 8.41. The number of aromatic nitrogens is 4. The van der Waals surface area contributed by atoms with Crippen molar-refractivity contribution < 1.29 is 13.9 Å². The molecule has 0 radical (unpaired) electrons. The van der Waals surface area contributed by atoms with E-state index in [0.717, 1.165) is 30.7 Å². The number of benzene rings is 1. The van der Waals surface area contributed by atoms with Gasteiger partial charge in [-0.2, -0.15) is 4.98 Å². The van der Waals surface area contributed by atoms with Crippen LogP contribution in [-0.2, 0) is 13.1 Å². The molecule has 5 rings (SSSR count). The van der Waals surface area contributed by atoms with Crippen molar-refractivity contribution in [3.05, 3.63) is 39.9 Å². The van der Waals surface area contributed by atoms with Gasteiger partial charge >= 0.3 is 5.69 Å². The summed E-state index contributed by atoms with van der Waals surface area (Å²) in [4.78, 5) is 26.5. The molecule has 2 atom stereocenters. The number of hydrogen-bond acceptors (Lipinski definition) is 7. The lowest BCUT2D eigenvalue weighted by molar-refractivity contribution is -0.105. The average Bonchev–Trinajstić information content (AvgIpc) is 3.11. The van der Waals surface area contributed by atoms with Crippen molar-refractivity contribution >= 4 is 40.1 Å². The van der Waals surface area contributed by atoms with Crippen LogP contribution in [0.4, 0.5) is 26.2 Å². The molecule has 12 heteroatoms. The Hall–Kier alpha value is -2.76. The van der Waals surface area contributed by atoms with Gasteiger partial charge in [0.05, 0.1) is 22.8 Å². The zero-order valence-corrected chi connectivity index (χ0v) is 24.3. The number of anilines is 3. The first-order chi connectivity index (χ1) is 18.8. The molecule has 0 unspecified atom stereocenters. The number of halogens is 3. The third-order valence-electron chi connectivity index (χ3n) is 8.13. The molecule has 2 aliphatic rings. The van der Waals surface area contributed by atoms with Crippen molar-refractivity contribution in [3.8, 4) is 0 Å². The second-order valence-electron chi connectivity index (χ2n) is 11.9. The van der Waals surface area contributed by atoms with Crippen LogP contribution in [0.15, 0.2) is 29.2 Å². The van der Waals surface area contributed by atoms with Crippen LogP contribution in [-0.4, -0.2) is 73.4 Å². The van der Waals surface area contributed by atoms with Crippen molar-refractivity contribution in [1.82, 2.24) is 24.0 Å². The molecule has 1 aromatic carbocycles. The van der Waals surface area contributed by atoms with Gasteiger partial charge in [0.2, 0.25) is 5.95 Å². The van der Waals surface area contributed by atoms with E-state index in [9.17, 15) is 18.7 Å². The van der Waals surface area contributed by atoms with Crippen molar-refractivity contribution in [3.63, 3.8) is 0 Å². The number of nitrogens with zero attached hydrogens (tertiary/aromatic N) is 6. The highest BCUT2D eigenvalue weighted by atomic mass is 35.5. The topological polar surface area (TPSA) is 91.5 Å². The number of alkyl halides is 2. The van der Waals surface area contributed by atoms with Crippen LogP contribution in [0.5, 0.6) is 0 Å². The Balaban J connectivity index is 1.44. The van der Waals surface area contributed by atoms with E-state index in [1.807, 2.05) is 18.2 Å². The summed E-state index contributed by atoms with van der Waals surface area (Å²) < 4.78 is 32.3. The van der Waals surface area contributed by atoms with Crippen molar-refractivity contribution in [2.24, 2.45) is 11.8 Å². The fraction of sp³-hybridized carbons (Fsp3) is 0.607. The van der Waals surface area contributed by atoms with E-state index >= 15 is 0 Å². The fourth-order valence-electron chi connectivity index (χ4n) is 5.42. The van der Waals surface area contributed by atoms with Gasteiger partial charge in [0.1, 0.15) is 5.02 Å². The SMILES string of the molecule is C[C@@H]1CN(c2ncc(Cl)c(Nc3ccc4c(c3)n(CCC(C)(C)O)c(=O)n4CCN3CCC3)n2)C[C@H](C)C1(F)F. The molecular weight excluding hydrogens is 540 g/mol. The smallest absolute Gasteiger partial charge is 0.329 e. The Morgan fingerprint density at radius 2 is 1.77 bits per heavy atom. The van der Waals surface area contributed by atoms with E-state index in [4.69, 9.17) is 11.6 Å². The quantitative estimate of drug-likeness (QED) is 0.384. The minimum Gasteiger partial charge on any atom is -0.390 e. The van der Waals surface area contributed by atoms with Crippen LogP contribution in [0.25, 0.3) is 11.0 Å². The summed E-state index contributed by atoms with van der Waals surface area (Å²) in [6.45, 7) is 10.7. The predicted molar refractivity (Wildman–Crippen MR) is 154 cm³/mol. The van der Waals surface area contributed by atoms with E-state index < -0.39 is 23.4 Å². The number of hydrogen-bond donors (Lipinski definition) is 2. The van der Waals surface area contributed by atoms with E-state index in [-0.39, 0.29) is 18.8 Å². The minimum atomic E-state index is -2.74. The van der Waals surface area contributed by atoms with Gasteiger partial charge in [0.15, 0.2) is 5.82 Å². The number of aryl methyl sites for hydroxylation is 1. The summed E-state index contributed by atoms with van der Waals surface area (Å²) in [7, 11) is 0. The maximum atomic E-state index is 14.4. The number of fused-ring (bicyclic) bond motifs is 1. The molecule has 3 aromatic rings. The molecule has 2 N–H and O–H groups in total. The third kappa shape index (κ3) is 5.82. The zero-order chi connectivity index (χ0) is 28.8. The predicted octanol–water partition coefficient (Wildman–Crippen LogP) is 4.58. The molecule has 0 aliphatic carbocycles. The molecule has 0 amide bonds. The Labute approximate surface area is 237 Å². The van der Waals surface area contributed by atoms with E-state index in [0.29, 0.717) is 42.0 Å². The Morgan fingerprint density at radius 3 is 2.40 bits per heavy atom. The van der Waals surface area contributed by atoms with Crippen LogP contribution in [0.3, 0.4) is 0 Å². The summed E-state index contributed by atoms with van der Waals surface area (Å²) in [5.41, 5.74) is 1.21. The highest BCUT2D eigenvalue weighted by Gasteiger charge is 2.47. The van der Waals surface area contributed by atoms with Crippen molar-refractivity contribution in [2.75, 3.05) is 42.9 Å². The molecule has 0 bridgehead atoms. The Bertz CT molecular complexity index is 1420. The van der Waals surface area contributed by atoms with Gasteiger partial charge in [-0.1, -0.05) is 25.4 Å². The summed E-state index contributed by atoms with van der Waals surface area (Å²) in [6, 6.07) is 5.65. The molecule has 9 nitrogen and oxygen atoms in total. The number of aliphatic hydroxyl groups is 1. The lowest BCUT2D eigenvalue weighted by Gasteiger charge is -2.41. The monoisotopic (exact) mass is 577 g/mol. The normalized spacial score (nSPS) is 21.6. The van der Waals surface area contributed by atoms with Gasteiger partial charge in [0, 0.05) is 50.2 Å². The second-order valence-corrected chi connectivity index (χ2v) is 12.3. The van der Waals surface area contributed by atoms with Crippen LogP contribution < -0.4 is 15.9 Å². The van der Waals surface area contributed by atoms with E-state index in [2.05, 4.69) is 20.2 Å². The highest BCUT2D eigenvalue weighted by molar-refractivity contribution is 6.32. The van der Waals surface area contributed by atoms with E-state index in [1.54, 1.807) is 41.7 Å². The zero-order valence-electron chi connectivity index (χ0n) is 23.5. The molecule has 218 valence electrons. The standard InChI is InChI=1S/C28H38ClF2N7O2/c1-18-16-36(17-19(2)28(18,30)31)25-32-15-21(29)24(34-25)33-20-6-7-22-23(14-20)37(11-8-27(3,4)40)26(39)38(22)13-12-35-9-5-10-35/h6-7,14-15,18-19,40H,5,8-13,16-17H2,1-4H3,(H,32,33,34)/t18-,19+. The van der Waals surface area contributed by atoms with Crippen LogP contribution in [0, 0.1) is 11.8 Å². The van der Waals surface area contributed by atoms with Crippen molar-refractivity contribution in [1.29, 1.82) is 0 Å². The molecule has 0 spiro atoms. The number of nitrogens with one attached hydrogen (secondary N) is 1. The maximum absolute atomic E-state index is 14.4. The average molecular weight is 578 g/mol. The van der Waals surface area contributed by atoms with Crippen LogP contribution in [0.2, 0.25) is 5.02 Å². The minimum absolute atomic E-state index is 0.107. The molecule has 40 heavy (non-hydrogen) atoms. The van der Waals surface area contributed by atoms with Gasteiger partial charge in [-0.05, 0) is 58.0 Å². The molecule has 2 fully saturated rings. The summed E-state index contributed by atoms with van der Waals surface area (Å²) >= 11 is 6.44. The number of piperidine rings is 1. The van der Waals surface area contributed by atoms with Gasteiger partial charge < -0.3 is 20.2 Å². The second kappa shape index (κ2) is 10.9. The summed E-state index contributed by atoms with van der Waals surface area (Å²) in [5, 5.41) is 13.9. The summed E-state index contributed by atoms with van der Waals surface area (Å²) in [5.74, 6) is -3.72. The van der Waals surface area contributed by atoms with Crippen molar-refractivity contribution in [2.45, 2.75) is 65.1 Å². The first-order valence-corrected chi connectivity index (χ1v) is 14.3. The molecule has 2 aromatic heterocycles. The van der Waals surface area contributed by atoms with Gasteiger partial charge in [-0.25, -0.2) is 18.6 Å². The molecule has 2 saturated heterocycles. The fourth-order valence-corrected chi connectivity index (χ4v) is 5.56. The maximum Gasteiger partial charge on any atom is 0.329 e. The van der Waals surface area contributed by atoms with Gasteiger partial charge in [-0.15, -0.1) is 0 Å². The first-order valence-electron chi connectivity index (χ1n) is 13.9. The Morgan fingerprint density at radius 1 is 1.10 bits per heavy atom. The van der Waals surface area contributed by atoms with Crippen LogP contribution >= 0.6 is 11.6 Å². The molecular formula is C28H38ClF2N7O2. The number of rotatable bonds is 9. The largest absolute Gasteiger partial charge is 0.390 e. The molecule has 0 saturated carbocycles. The number of imidazole rings is 1. The van der Waals surface area contributed by atoms with E-state index in [1.165, 1.54) is 12.6 Å². The molecule has 2 aliphatic heterocycles. The molecule has 4 heterocycles.